The minimum atomic E-state index is -0.0393. The fourth-order valence-electron chi connectivity index (χ4n) is 2.96. The molecule has 1 aromatic rings. The van der Waals surface area contributed by atoms with Crippen LogP contribution in [-0.4, -0.2) is 19.3 Å². The lowest BCUT2D eigenvalue weighted by molar-refractivity contribution is 0.219. The molecule has 1 fully saturated rings. The van der Waals surface area contributed by atoms with Crippen molar-refractivity contribution in [2.24, 2.45) is 5.73 Å². The van der Waals surface area contributed by atoms with Crippen LogP contribution in [0.3, 0.4) is 0 Å². The highest BCUT2D eigenvalue weighted by Gasteiger charge is 2.25. The second-order valence-electron chi connectivity index (χ2n) is 5.88. The molecule has 1 aliphatic rings. The molecule has 112 valence electrons. The van der Waals surface area contributed by atoms with Gasteiger partial charge in [0.1, 0.15) is 0 Å². The van der Waals surface area contributed by atoms with Crippen molar-refractivity contribution in [2.75, 3.05) is 13.7 Å². The Hall–Kier alpha value is -1.22. The Morgan fingerprint density at radius 2 is 1.60 bits per heavy atom. The van der Waals surface area contributed by atoms with Gasteiger partial charge in [0.05, 0.1) is 13.7 Å². The van der Waals surface area contributed by atoms with Crippen molar-refractivity contribution < 1.29 is 9.47 Å². The lowest BCUT2D eigenvalue weighted by atomic mass is 9.82. The van der Waals surface area contributed by atoms with Crippen molar-refractivity contribution in [3.8, 4) is 11.5 Å². The number of hydrogen-bond donors (Lipinski definition) is 1. The topological polar surface area (TPSA) is 44.5 Å². The van der Waals surface area contributed by atoms with E-state index in [0.29, 0.717) is 6.61 Å². The standard InChI is InChI=1S/C17H27NO2/c1-19-15-9-5-6-10-16(15)20-14-13-17(18)11-7-3-2-4-8-12-17/h5-6,9-10H,2-4,7-8,11-14,18H2,1H3. The molecular weight excluding hydrogens is 250 g/mol. The van der Waals surface area contributed by atoms with Gasteiger partial charge in [-0.1, -0.05) is 44.2 Å². The summed E-state index contributed by atoms with van der Waals surface area (Å²) < 4.78 is 11.2. The maximum absolute atomic E-state index is 6.55. The molecule has 3 nitrogen and oxygen atoms in total. The largest absolute Gasteiger partial charge is 0.493 e. The first-order valence-corrected chi connectivity index (χ1v) is 7.78. The zero-order valence-electron chi connectivity index (χ0n) is 12.6. The summed E-state index contributed by atoms with van der Waals surface area (Å²) >= 11 is 0. The minimum absolute atomic E-state index is 0.0393. The highest BCUT2D eigenvalue weighted by Crippen LogP contribution is 2.29. The fourth-order valence-corrected chi connectivity index (χ4v) is 2.96. The van der Waals surface area contributed by atoms with Crippen LogP contribution in [0.4, 0.5) is 0 Å². The molecule has 0 saturated heterocycles. The molecular formula is C17H27NO2. The van der Waals surface area contributed by atoms with Gasteiger partial charge in [-0.05, 0) is 31.4 Å². The van der Waals surface area contributed by atoms with E-state index in [9.17, 15) is 0 Å². The maximum atomic E-state index is 6.55. The first-order chi connectivity index (χ1) is 9.73. The van der Waals surface area contributed by atoms with Crippen molar-refractivity contribution >= 4 is 0 Å². The number of methoxy groups -OCH3 is 1. The average molecular weight is 277 g/mol. The number of rotatable bonds is 5. The predicted molar refractivity (Wildman–Crippen MR) is 82.3 cm³/mol. The zero-order chi connectivity index (χ0) is 14.3. The van der Waals surface area contributed by atoms with Gasteiger partial charge in [0.15, 0.2) is 11.5 Å². The number of hydrogen-bond acceptors (Lipinski definition) is 3. The Morgan fingerprint density at radius 3 is 2.25 bits per heavy atom. The Labute approximate surface area is 122 Å². The van der Waals surface area contributed by atoms with Gasteiger partial charge >= 0.3 is 0 Å². The van der Waals surface area contributed by atoms with Crippen LogP contribution < -0.4 is 15.2 Å². The van der Waals surface area contributed by atoms with Crippen molar-refractivity contribution in [1.82, 2.24) is 0 Å². The van der Waals surface area contributed by atoms with E-state index in [1.54, 1.807) is 7.11 Å². The van der Waals surface area contributed by atoms with Crippen LogP contribution in [0.2, 0.25) is 0 Å². The van der Waals surface area contributed by atoms with Crippen LogP contribution in [0.15, 0.2) is 24.3 Å². The maximum Gasteiger partial charge on any atom is 0.161 e. The monoisotopic (exact) mass is 277 g/mol. The third-order valence-electron chi connectivity index (χ3n) is 4.28. The summed E-state index contributed by atoms with van der Waals surface area (Å²) in [7, 11) is 1.67. The lowest BCUT2D eigenvalue weighted by Crippen LogP contribution is -2.41. The summed E-state index contributed by atoms with van der Waals surface area (Å²) in [4.78, 5) is 0. The molecule has 0 spiro atoms. The highest BCUT2D eigenvalue weighted by molar-refractivity contribution is 5.39. The average Bonchev–Trinajstić information content (AvgIpc) is 2.44. The molecule has 1 saturated carbocycles. The van der Waals surface area contributed by atoms with Gasteiger partial charge in [0, 0.05) is 5.54 Å². The number of nitrogens with two attached hydrogens (primary N) is 1. The molecule has 2 N–H and O–H groups in total. The molecule has 20 heavy (non-hydrogen) atoms. The first kappa shape index (κ1) is 15.2. The predicted octanol–water partition coefficient (Wildman–Crippen LogP) is 3.91. The van der Waals surface area contributed by atoms with Gasteiger partial charge in [0.25, 0.3) is 0 Å². The Morgan fingerprint density at radius 1 is 1.00 bits per heavy atom. The third kappa shape index (κ3) is 4.41. The Balaban J connectivity index is 1.84. The van der Waals surface area contributed by atoms with E-state index < -0.39 is 0 Å². The van der Waals surface area contributed by atoms with E-state index in [4.69, 9.17) is 15.2 Å². The van der Waals surface area contributed by atoms with E-state index in [1.165, 1.54) is 32.1 Å². The lowest BCUT2D eigenvalue weighted by Gasteiger charge is -2.31. The Kier molecular flexibility index (Phi) is 5.72. The van der Waals surface area contributed by atoms with Crippen molar-refractivity contribution in [3.63, 3.8) is 0 Å². The van der Waals surface area contributed by atoms with E-state index in [-0.39, 0.29) is 5.54 Å². The van der Waals surface area contributed by atoms with Crippen LogP contribution in [-0.2, 0) is 0 Å². The molecule has 0 amide bonds. The van der Waals surface area contributed by atoms with Crippen LogP contribution in [0.1, 0.15) is 51.4 Å². The molecule has 2 rings (SSSR count). The molecule has 1 aliphatic carbocycles. The SMILES string of the molecule is COc1ccccc1OCCC1(N)CCCCCCC1. The third-order valence-corrected chi connectivity index (χ3v) is 4.28. The van der Waals surface area contributed by atoms with Gasteiger partial charge in [-0.15, -0.1) is 0 Å². The molecule has 1 aromatic carbocycles. The number of benzene rings is 1. The molecule has 0 aliphatic heterocycles. The van der Waals surface area contributed by atoms with Crippen molar-refractivity contribution in [1.29, 1.82) is 0 Å². The summed E-state index contributed by atoms with van der Waals surface area (Å²) in [5, 5.41) is 0. The summed E-state index contributed by atoms with van der Waals surface area (Å²) in [6.45, 7) is 0.664. The van der Waals surface area contributed by atoms with E-state index >= 15 is 0 Å². The van der Waals surface area contributed by atoms with E-state index in [1.807, 2.05) is 24.3 Å². The fraction of sp³-hybridized carbons (Fsp3) is 0.647. The van der Waals surface area contributed by atoms with Gasteiger partial charge in [-0.25, -0.2) is 0 Å². The molecule has 0 radical (unpaired) electrons. The summed E-state index contributed by atoms with van der Waals surface area (Å²) in [5.41, 5.74) is 6.51. The van der Waals surface area contributed by atoms with Crippen LogP contribution in [0, 0.1) is 0 Å². The van der Waals surface area contributed by atoms with E-state index in [2.05, 4.69) is 0 Å². The summed E-state index contributed by atoms with van der Waals surface area (Å²) in [6, 6.07) is 7.78. The van der Waals surface area contributed by atoms with Gasteiger partial charge < -0.3 is 15.2 Å². The molecule has 0 aromatic heterocycles. The second kappa shape index (κ2) is 7.53. The van der Waals surface area contributed by atoms with Crippen LogP contribution in [0.5, 0.6) is 11.5 Å². The minimum Gasteiger partial charge on any atom is -0.493 e. The van der Waals surface area contributed by atoms with Gasteiger partial charge in [-0.2, -0.15) is 0 Å². The van der Waals surface area contributed by atoms with E-state index in [0.717, 1.165) is 30.8 Å². The van der Waals surface area contributed by atoms with Gasteiger partial charge in [-0.3, -0.25) is 0 Å². The molecule has 0 atom stereocenters. The second-order valence-corrected chi connectivity index (χ2v) is 5.88. The van der Waals surface area contributed by atoms with Crippen LogP contribution >= 0.6 is 0 Å². The zero-order valence-corrected chi connectivity index (χ0v) is 12.6. The molecule has 0 bridgehead atoms. The Bertz CT molecular complexity index is 398. The molecule has 0 heterocycles. The quantitative estimate of drug-likeness (QED) is 0.887. The van der Waals surface area contributed by atoms with Gasteiger partial charge in [0.2, 0.25) is 0 Å². The smallest absolute Gasteiger partial charge is 0.161 e. The number of ether oxygens (including phenoxy) is 2. The molecule has 3 heteroatoms. The molecule has 0 unspecified atom stereocenters. The summed E-state index contributed by atoms with van der Waals surface area (Å²) in [5.74, 6) is 1.60. The summed E-state index contributed by atoms with van der Waals surface area (Å²) in [6.07, 6.45) is 9.71. The van der Waals surface area contributed by atoms with Crippen LogP contribution in [0.25, 0.3) is 0 Å². The highest BCUT2D eigenvalue weighted by atomic mass is 16.5. The van der Waals surface area contributed by atoms with Crippen molar-refractivity contribution in [3.05, 3.63) is 24.3 Å². The van der Waals surface area contributed by atoms with Crippen molar-refractivity contribution in [2.45, 2.75) is 56.9 Å². The number of para-hydroxylation sites is 2. The normalized spacial score (nSPS) is 18.9. The first-order valence-electron chi connectivity index (χ1n) is 7.78.